The molecule has 5 nitrogen and oxygen atoms in total. The quantitative estimate of drug-likeness (QED) is 0.214. The van der Waals surface area contributed by atoms with Gasteiger partial charge in [-0.15, -0.1) is 0 Å². The van der Waals surface area contributed by atoms with Gasteiger partial charge in [0.25, 0.3) is 0 Å². The van der Waals surface area contributed by atoms with Gasteiger partial charge >= 0.3 is 5.97 Å². The minimum atomic E-state index is -0.829. The molecule has 162 valence electrons. The number of unbranched alkanes of at least 4 members (excludes halogenated alkanes) is 13. The number of imidazole rings is 1. The van der Waals surface area contributed by atoms with Crippen molar-refractivity contribution < 1.29 is 9.90 Å². The van der Waals surface area contributed by atoms with E-state index in [4.69, 9.17) is 0 Å². The lowest BCUT2D eigenvalue weighted by atomic mass is 10.0. The first kappa shape index (κ1) is 24.9. The van der Waals surface area contributed by atoms with Crippen molar-refractivity contribution in [3.8, 4) is 0 Å². The summed E-state index contributed by atoms with van der Waals surface area (Å²) in [5.41, 5.74) is 0. The van der Waals surface area contributed by atoms with E-state index in [9.17, 15) is 9.90 Å². The number of hydrogen-bond donors (Lipinski definition) is 3. The van der Waals surface area contributed by atoms with Crippen LogP contribution in [-0.2, 0) is 4.79 Å². The number of aromatic nitrogens is 2. The second-order valence-electron chi connectivity index (χ2n) is 7.64. The van der Waals surface area contributed by atoms with E-state index in [0.29, 0.717) is 11.7 Å². The molecule has 0 bridgehead atoms. The SMILES string of the molecule is CCCCCCCCCCCCCCCCSCC(Nc1ncc[nH]1)C(=O)O. The number of carboxylic acid groups (broad SMARTS) is 1. The van der Waals surface area contributed by atoms with Crippen LogP contribution in [0.1, 0.15) is 96.8 Å². The number of anilines is 1. The lowest BCUT2D eigenvalue weighted by Crippen LogP contribution is -2.32. The summed E-state index contributed by atoms with van der Waals surface area (Å²) in [7, 11) is 0. The minimum absolute atomic E-state index is 0.518. The van der Waals surface area contributed by atoms with Crippen molar-refractivity contribution in [3.05, 3.63) is 12.4 Å². The first-order chi connectivity index (χ1) is 13.7. The number of carboxylic acids is 1. The molecule has 0 radical (unpaired) electrons. The Morgan fingerprint density at radius 2 is 1.54 bits per heavy atom. The summed E-state index contributed by atoms with van der Waals surface area (Å²) in [6.45, 7) is 2.27. The highest BCUT2D eigenvalue weighted by Gasteiger charge is 2.17. The van der Waals surface area contributed by atoms with E-state index in [-0.39, 0.29) is 0 Å². The fraction of sp³-hybridized carbons (Fsp3) is 0.818. The van der Waals surface area contributed by atoms with Crippen LogP contribution in [0.15, 0.2) is 12.4 Å². The molecule has 1 rings (SSSR count). The Balaban J connectivity index is 1.84. The topological polar surface area (TPSA) is 78.0 Å². The molecule has 0 amide bonds. The molecule has 0 aliphatic carbocycles. The largest absolute Gasteiger partial charge is 0.480 e. The minimum Gasteiger partial charge on any atom is -0.480 e. The molecule has 1 unspecified atom stereocenters. The van der Waals surface area contributed by atoms with Crippen molar-refractivity contribution in [3.63, 3.8) is 0 Å². The summed E-state index contributed by atoms with van der Waals surface area (Å²) in [6, 6.07) is -0.595. The average molecular weight is 412 g/mol. The fourth-order valence-corrected chi connectivity index (χ4v) is 4.32. The van der Waals surface area contributed by atoms with Crippen LogP contribution in [0.5, 0.6) is 0 Å². The number of rotatable bonds is 20. The van der Waals surface area contributed by atoms with E-state index in [0.717, 1.165) is 5.75 Å². The van der Waals surface area contributed by atoms with E-state index in [1.165, 1.54) is 89.9 Å². The van der Waals surface area contributed by atoms with Gasteiger partial charge in [-0.05, 0) is 12.2 Å². The number of aliphatic carboxylic acids is 1. The predicted molar refractivity (Wildman–Crippen MR) is 121 cm³/mol. The third-order valence-electron chi connectivity index (χ3n) is 5.03. The Morgan fingerprint density at radius 3 is 2.00 bits per heavy atom. The monoisotopic (exact) mass is 411 g/mol. The third-order valence-corrected chi connectivity index (χ3v) is 6.18. The van der Waals surface area contributed by atoms with Crippen LogP contribution >= 0.6 is 11.8 Å². The number of nitrogens with zero attached hydrogens (tertiary/aromatic N) is 1. The van der Waals surface area contributed by atoms with Gasteiger partial charge in [-0.25, -0.2) is 9.78 Å². The summed E-state index contributed by atoms with van der Waals surface area (Å²) in [5.74, 6) is 1.28. The highest BCUT2D eigenvalue weighted by molar-refractivity contribution is 7.99. The first-order valence-electron chi connectivity index (χ1n) is 11.3. The van der Waals surface area contributed by atoms with Crippen LogP contribution in [-0.4, -0.2) is 38.6 Å². The summed E-state index contributed by atoms with van der Waals surface area (Å²) in [6.07, 6.45) is 22.4. The zero-order chi connectivity index (χ0) is 20.3. The Hall–Kier alpha value is -1.17. The highest BCUT2D eigenvalue weighted by atomic mass is 32.2. The maximum atomic E-state index is 11.3. The van der Waals surface area contributed by atoms with Gasteiger partial charge in [-0.3, -0.25) is 0 Å². The van der Waals surface area contributed by atoms with E-state index in [2.05, 4.69) is 22.2 Å². The van der Waals surface area contributed by atoms with Crippen molar-refractivity contribution in [2.75, 3.05) is 16.8 Å². The Kier molecular flexibility index (Phi) is 15.9. The zero-order valence-electron chi connectivity index (χ0n) is 17.8. The summed E-state index contributed by atoms with van der Waals surface area (Å²) in [5, 5.41) is 12.2. The van der Waals surface area contributed by atoms with Gasteiger partial charge in [-0.1, -0.05) is 90.4 Å². The van der Waals surface area contributed by atoms with Crippen LogP contribution in [0.3, 0.4) is 0 Å². The molecule has 0 spiro atoms. The molecule has 0 fully saturated rings. The molecule has 1 atom stereocenters. The van der Waals surface area contributed by atoms with Crippen LogP contribution in [0.25, 0.3) is 0 Å². The van der Waals surface area contributed by atoms with Crippen molar-refractivity contribution in [2.24, 2.45) is 0 Å². The summed E-state index contributed by atoms with van der Waals surface area (Å²) < 4.78 is 0. The van der Waals surface area contributed by atoms with Crippen molar-refractivity contribution in [2.45, 2.75) is 103 Å². The van der Waals surface area contributed by atoms with E-state index >= 15 is 0 Å². The van der Waals surface area contributed by atoms with Gasteiger partial charge in [0.05, 0.1) is 0 Å². The molecular formula is C22H41N3O2S. The molecule has 1 aromatic heterocycles. The number of carbonyl (C=O) groups is 1. The maximum Gasteiger partial charge on any atom is 0.327 e. The average Bonchev–Trinajstić information content (AvgIpc) is 3.19. The molecule has 3 N–H and O–H groups in total. The van der Waals surface area contributed by atoms with Crippen LogP contribution in [0.4, 0.5) is 5.95 Å². The fourth-order valence-electron chi connectivity index (χ4n) is 3.28. The molecule has 0 aliphatic rings. The number of nitrogens with one attached hydrogen (secondary N) is 2. The lowest BCUT2D eigenvalue weighted by molar-refractivity contribution is -0.137. The van der Waals surface area contributed by atoms with Gasteiger partial charge in [0, 0.05) is 18.1 Å². The number of aromatic amines is 1. The second kappa shape index (κ2) is 17.9. The highest BCUT2D eigenvalue weighted by Crippen LogP contribution is 2.15. The molecule has 0 saturated heterocycles. The van der Waals surface area contributed by atoms with Crippen molar-refractivity contribution in [1.29, 1.82) is 0 Å². The second-order valence-corrected chi connectivity index (χ2v) is 8.79. The molecular weight excluding hydrogens is 370 g/mol. The van der Waals surface area contributed by atoms with Crippen LogP contribution < -0.4 is 5.32 Å². The molecule has 0 aromatic carbocycles. The molecule has 6 heteroatoms. The van der Waals surface area contributed by atoms with Gasteiger partial charge in [0.15, 0.2) is 0 Å². The van der Waals surface area contributed by atoms with E-state index in [1.807, 2.05) is 0 Å². The van der Waals surface area contributed by atoms with E-state index < -0.39 is 12.0 Å². The van der Waals surface area contributed by atoms with Crippen molar-refractivity contribution >= 4 is 23.7 Å². The standard InChI is InChI=1S/C22H41N3O2S/c1-2-3-4-5-6-7-8-9-10-11-12-13-14-15-18-28-19-20(21(26)27)25-22-23-16-17-24-22/h16-17,20H,2-15,18-19H2,1H3,(H,26,27)(H2,23,24,25). The Labute approximate surface area is 175 Å². The van der Waals surface area contributed by atoms with Gasteiger partial charge in [0.2, 0.25) is 5.95 Å². The smallest absolute Gasteiger partial charge is 0.327 e. The number of thioether (sulfide) groups is 1. The van der Waals surface area contributed by atoms with Gasteiger partial charge < -0.3 is 15.4 Å². The third kappa shape index (κ3) is 13.9. The summed E-state index contributed by atoms with van der Waals surface area (Å²) >= 11 is 1.71. The molecule has 1 heterocycles. The summed E-state index contributed by atoms with van der Waals surface area (Å²) in [4.78, 5) is 18.2. The molecule has 28 heavy (non-hydrogen) atoms. The van der Waals surface area contributed by atoms with Gasteiger partial charge in [-0.2, -0.15) is 11.8 Å². The Bertz CT molecular complexity index is 468. The van der Waals surface area contributed by atoms with Gasteiger partial charge in [0.1, 0.15) is 6.04 Å². The van der Waals surface area contributed by atoms with E-state index in [1.54, 1.807) is 24.2 Å². The predicted octanol–water partition coefficient (Wildman–Crippen LogP) is 6.49. The first-order valence-corrected chi connectivity index (χ1v) is 12.5. The lowest BCUT2D eigenvalue weighted by Gasteiger charge is -2.13. The molecule has 0 saturated carbocycles. The van der Waals surface area contributed by atoms with Crippen LogP contribution in [0, 0.1) is 0 Å². The Morgan fingerprint density at radius 1 is 1.00 bits per heavy atom. The zero-order valence-corrected chi connectivity index (χ0v) is 18.6. The normalized spacial score (nSPS) is 12.2. The number of H-pyrrole nitrogens is 1. The number of hydrogen-bond acceptors (Lipinski definition) is 4. The molecule has 0 aliphatic heterocycles. The maximum absolute atomic E-state index is 11.3. The van der Waals surface area contributed by atoms with Crippen LogP contribution in [0.2, 0.25) is 0 Å². The molecule has 1 aromatic rings. The van der Waals surface area contributed by atoms with Crippen molar-refractivity contribution in [1.82, 2.24) is 9.97 Å².